The minimum atomic E-state index is -0.539. The van der Waals surface area contributed by atoms with Crippen molar-refractivity contribution in [1.82, 2.24) is 14.8 Å². The lowest BCUT2D eigenvalue weighted by Gasteiger charge is -2.04. The van der Waals surface area contributed by atoms with Crippen molar-refractivity contribution in [2.45, 2.75) is 13.5 Å². The van der Waals surface area contributed by atoms with Gasteiger partial charge in [0.05, 0.1) is 12.3 Å². The minimum absolute atomic E-state index is 0.106. The van der Waals surface area contributed by atoms with Gasteiger partial charge in [-0.15, -0.1) is 0 Å². The van der Waals surface area contributed by atoms with E-state index in [1.165, 1.54) is 16.9 Å². The summed E-state index contributed by atoms with van der Waals surface area (Å²) in [5, 5.41) is 12.9. The van der Waals surface area contributed by atoms with Crippen LogP contribution in [-0.4, -0.2) is 19.9 Å². The maximum Gasteiger partial charge on any atom is 0.190 e. The smallest absolute Gasteiger partial charge is 0.190 e. The van der Waals surface area contributed by atoms with E-state index in [1.54, 1.807) is 12.3 Å². The maximum absolute atomic E-state index is 13.7. The van der Waals surface area contributed by atoms with Gasteiger partial charge < -0.3 is 5.11 Å². The quantitative estimate of drug-likeness (QED) is 0.805. The van der Waals surface area contributed by atoms with E-state index in [-0.39, 0.29) is 18.0 Å². The van der Waals surface area contributed by atoms with Crippen LogP contribution in [0.15, 0.2) is 24.5 Å². The van der Waals surface area contributed by atoms with Gasteiger partial charge in [-0.05, 0) is 19.1 Å². The molecule has 0 bridgehead atoms. The predicted molar refractivity (Wildman–Crippen MR) is 52.0 cm³/mol. The average Bonchev–Trinajstić information content (AvgIpc) is 2.65. The van der Waals surface area contributed by atoms with Gasteiger partial charge in [-0.2, -0.15) is 5.10 Å². The highest BCUT2D eigenvalue weighted by Gasteiger charge is 2.10. The van der Waals surface area contributed by atoms with Gasteiger partial charge in [-0.3, -0.25) is 0 Å². The molecule has 0 saturated carbocycles. The van der Waals surface area contributed by atoms with Crippen LogP contribution >= 0.6 is 0 Å². The molecule has 2 rings (SSSR count). The van der Waals surface area contributed by atoms with E-state index in [0.29, 0.717) is 0 Å². The summed E-state index contributed by atoms with van der Waals surface area (Å²) in [6.45, 7) is 1.46. The first-order chi connectivity index (χ1) is 7.22. The van der Waals surface area contributed by atoms with Crippen LogP contribution < -0.4 is 0 Å². The van der Waals surface area contributed by atoms with E-state index in [0.717, 1.165) is 5.69 Å². The first-order valence-corrected chi connectivity index (χ1v) is 4.49. The molecule has 0 aliphatic heterocycles. The van der Waals surface area contributed by atoms with Crippen LogP contribution in [0.4, 0.5) is 4.39 Å². The van der Waals surface area contributed by atoms with Crippen LogP contribution in [0.1, 0.15) is 11.3 Å². The van der Waals surface area contributed by atoms with Crippen molar-refractivity contribution in [2.75, 3.05) is 0 Å². The van der Waals surface area contributed by atoms with Gasteiger partial charge in [0.25, 0.3) is 0 Å². The molecule has 5 heteroatoms. The number of nitrogens with zero attached hydrogens (tertiary/aromatic N) is 3. The molecule has 78 valence electrons. The van der Waals surface area contributed by atoms with Crippen molar-refractivity contribution in [3.8, 4) is 5.82 Å². The molecule has 2 aromatic heterocycles. The molecule has 1 N–H and O–H groups in total. The summed E-state index contributed by atoms with van der Waals surface area (Å²) in [4.78, 5) is 3.88. The molecule has 0 spiro atoms. The summed E-state index contributed by atoms with van der Waals surface area (Å²) in [5.74, 6) is -0.433. The van der Waals surface area contributed by atoms with Crippen molar-refractivity contribution in [3.05, 3.63) is 41.6 Å². The Morgan fingerprint density at radius 1 is 1.47 bits per heavy atom. The number of pyridine rings is 1. The fourth-order valence-electron chi connectivity index (χ4n) is 1.29. The largest absolute Gasteiger partial charge is 0.392 e. The Balaban J connectivity index is 2.53. The third-order valence-electron chi connectivity index (χ3n) is 2.06. The zero-order valence-corrected chi connectivity index (χ0v) is 8.18. The molecule has 2 aromatic rings. The molecular weight excluding hydrogens is 197 g/mol. The van der Waals surface area contributed by atoms with Crippen LogP contribution in [0, 0.1) is 12.7 Å². The number of hydrogen-bond acceptors (Lipinski definition) is 3. The van der Waals surface area contributed by atoms with Crippen molar-refractivity contribution < 1.29 is 9.50 Å². The van der Waals surface area contributed by atoms with Crippen molar-refractivity contribution >= 4 is 0 Å². The summed E-state index contributed by atoms with van der Waals surface area (Å²) in [6, 6.07) is 3.20. The highest BCUT2D eigenvalue weighted by Crippen LogP contribution is 2.14. The monoisotopic (exact) mass is 207 g/mol. The SMILES string of the molecule is Cc1ccn(-c2nccc(CO)c2F)n1. The first-order valence-electron chi connectivity index (χ1n) is 4.49. The second-order valence-corrected chi connectivity index (χ2v) is 3.17. The topological polar surface area (TPSA) is 50.9 Å². The normalized spacial score (nSPS) is 10.6. The predicted octanol–water partition coefficient (Wildman–Crippen LogP) is 1.21. The van der Waals surface area contributed by atoms with Gasteiger partial charge >= 0.3 is 0 Å². The van der Waals surface area contributed by atoms with Gasteiger partial charge in [-0.25, -0.2) is 14.1 Å². The fourth-order valence-corrected chi connectivity index (χ4v) is 1.29. The molecule has 2 heterocycles. The van der Waals surface area contributed by atoms with Crippen LogP contribution in [0.25, 0.3) is 5.82 Å². The van der Waals surface area contributed by atoms with Crippen LogP contribution in [0.5, 0.6) is 0 Å². The highest BCUT2D eigenvalue weighted by atomic mass is 19.1. The maximum atomic E-state index is 13.7. The number of aliphatic hydroxyl groups excluding tert-OH is 1. The number of halogens is 1. The first kappa shape index (κ1) is 9.79. The van der Waals surface area contributed by atoms with E-state index >= 15 is 0 Å². The third-order valence-corrected chi connectivity index (χ3v) is 2.06. The number of hydrogen-bond donors (Lipinski definition) is 1. The molecule has 0 unspecified atom stereocenters. The lowest BCUT2D eigenvalue weighted by Crippen LogP contribution is -2.04. The van der Waals surface area contributed by atoms with E-state index in [4.69, 9.17) is 5.11 Å². The van der Waals surface area contributed by atoms with E-state index in [2.05, 4.69) is 10.1 Å². The van der Waals surface area contributed by atoms with Gasteiger partial charge in [0.1, 0.15) is 0 Å². The molecular formula is C10H10FN3O. The lowest BCUT2D eigenvalue weighted by molar-refractivity contribution is 0.275. The number of aliphatic hydroxyl groups is 1. The summed E-state index contributed by atoms with van der Waals surface area (Å²) in [5.41, 5.74) is 0.999. The zero-order valence-electron chi connectivity index (χ0n) is 8.18. The van der Waals surface area contributed by atoms with Gasteiger partial charge in [0.2, 0.25) is 0 Å². The summed E-state index contributed by atoms with van der Waals surface area (Å²) in [7, 11) is 0. The zero-order chi connectivity index (χ0) is 10.8. The van der Waals surface area contributed by atoms with Crippen molar-refractivity contribution in [3.63, 3.8) is 0 Å². The average molecular weight is 207 g/mol. The number of aromatic nitrogens is 3. The van der Waals surface area contributed by atoms with Crippen molar-refractivity contribution in [1.29, 1.82) is 0 Å². The lowest BCUT2D eigenvalue weighted by atomic mass is 10.2. The fraction of sp³-hybridized carbons (Fsp3) is 0.200. The van der Waals surface area contributed by atoms with Crippen molar-refractivity contribution in [2.24, 2.45) is 0 Å². The molecule has 0 atom stereocenters. The minimum Gasteiger partial charge on any atom is -0.392 e. The molecule has 0 fully saturated rings. The second kappa shape index (κ2) is 3.78. The molecule has 0 aliphatic rings. The highest BCUT2D eigenvalue weighted by molar-refractivity contribution is 5.29. The third kappa shape index (κ3) is 1.73. The van der Waals surface area contributed by atoms with Gasteiger partial charge in [0, 0.05) is 18.0 Å². The molecule has 15 heavy (non-hydrogen) atoms. The molecule has 0 radical (unpaired) electrons. The summed E-state index contributed by atoms with van der Waals surface area (Å²) in [6.07, 6.45) is 3.07. The Morgan fingerprint density at radius 3 is 2.87 bits per heavy atom. The van der Waals surface area contributed by atoms with Crippen LogP contribution in [0.2, 0.25) is 0 Å². The molecule has 4 nitrogen and oxygen atoms in total. The Labute approximate surface area is 86.0 Å². The Kier molecular flexibility index (Phi) is 2.47. The number of aryl methyl sites for hydroxylation is 1. The Bertz CT molecular complexity index is 481. The molecule has 0 saturated heterocycles. The molecule has 0 aromatic carbocycles. The van der Waals surface area contributed by atoms with Gasteiger partial charge in [0.15, 0.2) is 11.6 Å². The van der Waals surface area contributed by atoms with E-state index in [9.17, 15) is 4.39 Å². The standard InChI is InChI=1S/C10H10FN3O/c1-7-3-5-14(13-7)10-9(11)8(6-15)2-4-12-10/h2-5,15H,6H2,1H3. The Hall–Kier alpha value is -1.75. The number of rotatable bonds is 2. The Morgan fingerprint density at radius 2 is 2.27 bits per heavy atom. The van der Waals surface area contributed by atoms with Crippen LogP contribution in [0.3, 0.4) is 0 Å². The molecule has 0 amide bonds. The van der Waals surface area contributed by atoms with Crippen LogP contribution in [-0.2, 0) is 6.61 Å². The molecule has 0 aliphatic carbocycles. The summed E-state index contributed by atoms with van der Waals surface area (Å²) < 4.78 is 15.0. The van der Waals surface area contributed by atoms with Gasteiger partial charge in [-0.1, -0.05) is 0 Å². The van der Waals surface area contributed by atoms with E-state index < -0.39 is 5.82 Å². The second-order valence-electron chi connectivity index (χ2n) is 3.17. The van der Waals surface area contributed by atoms with E-state index in [1.807, 2.05) is 6.92 Å². The summed E-state index contributed by atoms with van der Waals surface area (Å²) >= 11 is 0.